The molecule has 3 rings (SSSR count). The molecule has 1 aliphatic heterocycles. The van der Waals surface area contributed by atoms with Crippen LogP contribution < -0.4 is 5.32 Å². The van der Waals surface area contributed by atoms with Gasteiger partial charge in [-0.3, -0.25) is 4.98 Å². The molecule has 0 aliphatic carbocycles. The van der Waals surface area contributed by atoms with Crippen LogP contribution >= 0.6 is 0 Å². The zero-order valence-corrected chi connectivity index (χ0v) is 12.0. The van der Waals surface area contributed by atoms with Gasteiger partial charge in [0.05, 0.1) is 0 Å². The highest BCUT2D eigenvalue weighted by atomic mass is 15.1. The van der Waals surface area contributed by atoms with Crippen molar-refractivity contribution in [2.45, 2.75) is 32.7 Å². The van der Waals surface area contributed by atoms with Gasteiger partial charge in [-0.2, -0.15) is 0 Å². The normalized spacial score (nSPS) is 16.4. The standard InChI is InChI=1S/C16H22N4/c1-13-11-19-16(15-3-2-7-18-12-15)20(13)10-6-14-4-8-17-9-5-14/h2-3,7,11-12,14,17H,4-6,8-10H2,1H3. The largest absolute Gasteiger partial charge is 0.328 e. The predicted octanol–water partition coefficient (Wildman–Crippen LogP) is 2.64. The van der Waals surface area contributed by atoms with Crippen LogP contribution in [-0.2, 0) is 6.54 Å². The minimum Gasteiger partial charge on any atom is -0.328 e. The van der Waals surface area contributed by atoms with Gasteiger partial charge < -0.3 is 9.88 Å². The van der Waals surface area contributed by atoms with Crippen molar-refractivity contribution in [3.8, 4) is 11.4 Å². The van der Waals surface area contributed by atoms with Gasteiger partial charge in [0, 0.05) is 36.4 Å². The molecule has 1 aliphatic rings. The van der Waals surface area contributed by atoms with Crippen molar-refractivity contribution in [3.05, 3.63) is 36.4 Å². The molecule has 0 atom stereocenters. The molecule has 0 amide bonds. The smallest absolute Gasteiger partial charge is 0.141 e. The lowest BCUT2D eigenvalue weighted by molar-refractivity contribution is 0.337. The van der Waals surface area contributed by atoms with Crippen molar-refractivity contribution in [1.82, 2.24) is 19.9 Å². The van der Waals surface area contributed by atoms with E-state index in [-0.39, 0.29) is 0 Å². The van der Waals surface area contributed by atoms with Crippen molar-refractivity contribution >= 4 is 0 Å². The molecule has 1 N–H and O–H groups in total. The summed E-state index contributed by atoms with van der Waals surface area (Å²) in [6, 6.07) is 4.05. The quantitative estimate of drug-likeness (QED) is 0.928. The topological polar surface area (TPSA) is 42.7 Å². The second kappa shape index (κ2) is 6.18. The summed E-state index contributed by atoms with van der Waals surface area (Å²) in [6.07, 6.45) is 9.50. The molecule has 2 aromatic heterocycles. The molecule has 4 nitrogen and oxygen atoms in total. The van der Waals surface area contributed by atoms with Crippen LogP contribution in [0.2, 0.25) is 0 Å². The summed E-state index contributed by atoms with van der Waals surface area (Å²) in [5.74, 6) is 1.89. The Labute approximate surface area is 120 Å². The average molecular weight is 270 g/mol. The van der Waals surface area contributed by atoms with Gasteiger partial charge in [0.15, 0.2) is 0 Å². The molecule has 0 aromatic carbocycles. The second-order valence-electron chi connectivity index (χ2n) is 5.60. The summed E-state index contributed by atoms with van der Waals surface area (Å²) in [7, 11) is 0. The van der Waals surface area contributed by atoms with E-state index in [4.69, 9.17) is 0 Å². The molecule has 0 saturated carbocycles. The van der Waals surface area contributed by atoms with Crippen LogP contribution in [0, 0.1) is 12.8 Å². The Kier molecular flexibility index (Phi) is 4.11. The van der Waals surface area contributed by atoms with Crippen LogP contribution in [0.15, 0.2) is 30.7 Å². The number of rotatable bonds is 4. The number of nitrogens with zero attached hydrogens (tertiary/aromatic N) is 3. The van der Waals surface area contributed by atoms with Crippen LogP contribution in [0.5, 0.6) is 0 Å². The third-order valence-electron chi connectivity index (χ3n) is 4.19. The van der Waals surface area contributed by atoms with Crippen LogP contribution in [-0.4, -0.2) is 27.6 Å². The van der Waals surface area contributed by atoms with E-state index < -0.39 is 0 Å². The van der Waals surface area contributed by atoms with Crippen molar-refractivity contribution < 1.29 is 0 Å². The van der Waals surface area contributed by atoms with Crippen LogP contribution in [0.25, 0.3) is 11.4 Å². The molecule has 3 heterocycles. The van der Waals surface area contributed by atoms with Gasteiger partial charge in [0.2, 0.25) is 0 Å². The van der Waals surface area contributed by atoms with E-state index in [0.29, 0.717) is 0 Å². The van der Waals surface area contributed by atoms with E-state index >= 15 is 0 Å². The summed E-state index contributed by atoms with van der Waals surface area (Å²) in [6.45, 7) is 5.53. The van der Waals surface area contributed by atoms with Crippen LogP contribution in [0.3, 0.4) is 0 Å². The lowest BCUT2D eigenvalue weighted by Crippen LogP contribution is -2.28. The summed E-state index contributed by atoms with van der Waals surface area (Å²) < 4.78 is 2.33. The van der Waals surface area contributed by atoms with Crippen molar-refractivity contribution in [3.63, 3.8) is 0 Å². The Morgan fingerprint density at radius 1 is 1.30 bits per heavy atom. The van der Waals surface area contributed by atoms with Gasteiger partial charge in [0.1, 0.15) is 5.82 Å². The highest BCUT2D eigenvalue weighted by molar-refractivity contribution is 5.54. The van der Waals surface area contributed by atoms with Crippen molar-refractivity contribution in [2.24, 2.45) is 5.92 Å². The first-order valence-electron chi connectivity index (χ1n) is 7.48. The minimum absolute atomic E-state index is 0.847. The van der Waals surface area contributed by atoms with E-state index in [1.807, 2.05) is 18.5 Å². The molecular formula is C16H22N4. The maximum atomic E-state index is 4.56. The van der Waals surface area contributed by atoms with Gasteiger partial charge in [-0.25, -0.2) is 4.98 Å². The van der Waals surface area contributed by atoms with Crippen molar-refractivity contribution in [1.29, 1.82) is 0 Å². The Morgan fingerprint density at radius 2 is 2.15 bits per heavy atom. The zero-order chi connectivity index (χ0) is 13.8. The number of piperidine rings is 1. The van der Waals surface area contributed by atoms with Crippen LogP contribution in [0.1, 0.15) is 25.0 Å². The summed E-state index contributed by atoms with van der Waals surface area (Å²) in [5, 5.41) is 3.43. The van der Waals surface area contributed by atoms with Gasteiger partial charge in [0.25, 0.3) is 0 Å². The molecule has 4 heteroatoms. The fraction of sp³-hybridized carbons (Fsp3) is 0.500. The Morgan fingerprint density at radius 3 is 2.90 bits per heavy atom. The first-order chi connectivity index (χ1) is 9.84. The molecule has 106 valence electrons. The molecule has 1 saturated heterocycles. The first kappa shape index (κ1) is 13.3. The molecule has 0 unspecified atom stereocenters. The lowest BCUT2D eigenvalue weighted by atomic mass is 9.94. The minimum atomic E-state index is 0.847. The number of imidazole rings is 1. The zero-order valence-electron chi connectivity index (χ0n) is 12.0. The Balaban J connectivity index is 1.74. The van der Waals surface area contributed by atoms with Gasteiger partial charge in [-0.1, -0.05) is 0 Å². The number of hydrogen-bond acceptors (Lipinski definition) is 3. The third-order valence-corrected chi connectivity index (χ3v) is 4.19. The molecule has 0 bridgehead atoms. The molecule has 2 aromatic rings. The fourth-order valence-electron chi connectivity index (χ4n) is 2.95. The SMILES string of the molecule is Cc1cnc(-c2cccnc2)n1CCC1CCNCC1. The van der Waals surface area contributed by atoms with Gasteiger partial charge in [-0.15, -0.1) is 0 Å². The van der Waals surface area contributed by atoms with E-state index in [0.717, 1.165) is 23.9 Å². The van der Waals surface area contributed by atoms with Gasteiger partial charge in [-0.05, 0) is 57.3 Å². The Hall–Kier alpha value is -1.68. The molecular weight excluding hydrogens is 248 g/mol. The van der Waals surface area contributed by atoms with Crippen molar-refractivity contribution in [2.75, 3.05) is 13.1 Å². The van der Waals surface area contributed by atoms with E-state index in [9.17, 15) is 0 Å². The summed E-state index contributed by atoms with van der Waals surface area (Å²) in [5.41, 5.74) is 2.34. The van der Waals surface area contributed by atoms with Gasteiger partial charge >= 0.3 is 0 Å². The number of aryl methyl sites for hydroxylation is 1. The number of nitrogens with one attached hydrogen (secondary N) is 1. The lowest BCUT2D eigenvalue weighted by Gasteiger charge is -2.23. The second-order valence-corrected chi connectivity index (χ2v) is 5.60. The molecule has 1 fully saturated rings. The third kappa shape index (κ3) is 2.90. The fourth-order valence-corrected chi connectivity index (χ4v) is 2.95. The average Bonchev–Trinajstić information content (AvgIpc) is 2.88. The molecule has 0 spiro atoms. The maximum absolute atomic E-state index is 4.56. The number of hydrogen-bond donors (Lipinski definition) is 1. The highest BCUT2D eigenvalue weighted by Crippen LogP contribution is 2.22. The maximum Gasteiger partial charge on any atom is 0.141 e. The van der Waals surface area contributed by atoms with E-state index in [1.54, 1.807) is 6.20 Å². The van der Waals surface area contributed by atoms with E-state index in [2.05, 4.69) is 32.8 Å². The molecule has 0 radical (unpaired) electrons. The number of aromatic nitrogens is 3. The Bertz CT molecular complexity index is 541. The number of pyridine rings is 1. The van der Waals surface area contributed by atoms with E-state index in [1.165, 1.54) is 38.0 Å². The monoisotopic (exact) mass is 270 g/mol. The molecule has 20 heavy (non-hydrogen) atoms. The predicted molar refractivity (Wildman–Crippen MR) is 80.4 cm³/mol. The first-order valence-corrected chi connectivity index (χ1v) is 7.48. The highest BCUT2D eigenvalue weighted by Gasteiger charge is 2.15. The van der Waals surface area contributed by atoms with Crippen LogP contribution in [0.4, 0.5) is 0 Å². The summed E-state index contributed by atoms with van der Waals surface area (Å²) in [4.78, 5) is 8.76. The summed E-state index contributed by atoms with van der Waals surface area (Å²) >= 11 is 0.